The van der Waals surface area contributed by atoms with Gasteiger partial charge in [-0.3, -0.25) is 4.55 Å². The first-order valence-corrected chi connectivity index (χ1v) is 7.07. The fourth-order valence-electron chi connectivity index (χ4n) is 1.61. The van der Waals surface area contributed by atoms with Crippen LogP contribution in [0.2, 0.25) is 0 Å². The molecule has 0 aliphatic heterocycles. The van der Waals surface area contributed by atoms with Crippen molar-refractivity contribution in [3.63, 3.8) is 0 Å². The van der Waals surface area contributed by atoms with Gasteiger partial charge >= 0.3 is 0 Å². The predicted molar refractivity (Wildman–Crippen MR) is 73.4 cm³/mol. The monoisotopic (exact) mass is 292 g/mol. The second kappa shape index (κ2) is 5.81. The summed E-state index contributed by atoms with van der Waals surface area (Å²) in [6.07, 6.45) is 0. The van der Waals surface area contributed by atoms with Crippen LogP contribution in [0.3, 0.4) is 0 Å². The standard InChI is InChI=1S/C13H12N2O4S/c1-19-12-9-5-8-11(13(12)20(16,17)18)15-14-10-6-3-2-4-7-10/h2-9H,1H3,(H,16,17,18). The zero-order chi connectivity index (χ0) is 14.6. The molecule has 0 fully saturated rings. The Morgan fingerprint density at radius 1 is 1.00 bits per heavy atom. The van der Waals surface area contributed by atoms with Crippen LogP contribution in [0.15, 0.2) is 63.7 Å². The van der Waals surface area contributed by atoms with Crippen molar-refractivity contribution in [2.45, 2.75) is 4.90 Å². The minimum absolute atomic E-state index is 0.00991. The van der Waals surface area contributed by atoms with Crippen LogP contribution >= 0.6 is 0 Å². The van der Waals surface area contributed by atoms with E-state index in [1.165, 1.54) is 19.2 Å². The van der Waals surface area contributed by atoms with Gasteiger partial charge in [-0.1, -0.05) is 24.3 Å². The molecule has 0 amide bonds. The normalized spacial score (nSPS) is 11.7. The molecule has 0 saturated heterocycles. The van der Waals surface area contributed by atoms with Gasteiger partial charge in [0.1, 0.15) is 11.4 Å². The van der Waals surface area contributed by atoms with E-state index in [1.807, 2.05) is 6.07 Å². The average Bonchev–Trinajstić information content (AvgIpc) is 2.44. The van der Waals surface area contributed by atoms with E-state index in [2.05, 4.69) is 10.2 Å². The third kappa shape index (κ3) is 3.19. The Labute approximate surface area is 116 Å². The summed E-state index contributed by atoms with van der Waals surface area (Å²) in [6, 6.07) is 13.2. The summed E-state index contributed by atoms with van der Waals surface area (Å²) in [5.41, 5.74) is 0.576. The highest BCUT2D eigenvalue weighted by molar-refractivity contribution is 7.86. The van der Waals surface area contributed by atoms with Gasteiger partial charge in [0.15, 0.2) is 4.90 Å². The van der Waals surface area contributed by atoms with Crippen molar-refractivity contribution in [3.8, 4) is 5.75 Å². The van der Waals surface area contributed by atoms with Crippen LogP contribution in [0.1, 0.15) is 0 Å². The molecular weight excluding hydrogens is 280 g/mol. The number of azo groups is 1. The van der Waals surface area contributed by atoms with E-state index in [-0.39, 0.29) is 11.4 Å². The molecule has 0 aromatic heterocycles. The van der Waals surface area contributed by atoms with Crippen molar-refractivity contribution in [1.82, 2.24) is 0 Å². The lowest BCUT2D eigenvalue weighted by Gasteiger charge is -2.07. The van der Waals surface area contributed by atoms with Crippen LogP contribution in [0.5, 0.6) is 5.75 Å². The van der Waals surface area contributed by atoms with Gasteiger partial charge in [-0.25, -0.2) is 0 Å². The topological polar surface area (TPSA) is 88.3 Å². The summed E-state index contributed by atoms with van der Waals surface area (Å²) in [7, 11) is -3.15. The molecule has 0 saturated carbocycles. The Hall–Kier alpha value is -2.25. The van der Waals surface area contributed by atoms with Crippen molar-refractivity contribution < 1.29 is 17.7 Å². The number of hydrogen-bond acceptors (Lipinski definition) is 5. The number of ether oxygens (including phenoxy) is 1. The summed E-state index contributed by atoms with van der Waals surface area (Å²) >= 11 is 0. The number of nitrogens with zero attached hydrogens (tertiary/aromatic N) is 2. The predicted octanol–water partition coefficient (Wildman–Crippen LogP) is 3.36. The minimum Gasteiger partial charge on any atom is -0.495 e. The molecule has 0 aliphatic rings. The lowest BCUT2D eigenvalue weighted by molar-refractivity contribution is 0.398. The van der Waals surface area contributed by atoms with Gasteiger partial charge in [0.05, 0.1) is 12.8 Å². The molecule has 7 heteroatoms. The lowest BCUT2D eigenvalue weighted by Crippen LogP contribution is -2.01. The van der Waals surface area contributed by atoms with Gasteiger partial charge < -0.3 is 4.74 Å². The summed E-state index contributed by atoms with van der Waals surface area (Å²) < 4.78 is 37.0. The Balaban J connectivity index is 2.50. The van der Waals surface area contributed by atoms with Gasteiger partial charge in [0.2, 0.25) is 0 Å². The van der Waals surface area contributed by atoms with Crippen molar-refractivity contribution in [1.29, 1.82) is 0 Å². The zero-order valence-corrected chi connectivity index (χ0v) is 11.4. The fraction of sp³-hybridized carbons (Fsp3) is 0.0769. The summed E-state index contributed by atoms with van der Waals surface area (Å²) in [5.74, 6) is 0.0111. The average molecular weight is 292 g/mol. The molecule has 0 bridgehead atoms. The van der Waals surface area contributed by atoms with Gasteiger partial charge in [-0.05, 0) is 24.3 Å². The molecule has 2 aromatic rings. The minimum atomic E-state index is -4.46. The van der Waals surface area contributed by atoms with Gasteiger partial charge in [-0.2, -0.15) is 13.5 Å². The zero-order valence-electron chi connectivity index (χ0n) is 10.6. The molecule has 2 rings (SSSR count). The summed E-state index contributed by atoms with van der Waals surface area (Å²) in [6.45, 7) is 0. The third-order valence-corrected chi connectivity index (χ3v) is 3.39. The number of benzene rings is 2. The summed E-state index contributed by atoms with van der Waals surface area (Å²) in [5, 5.41) is 7.78. The molecule has 0 radical (unpaired) electrons. The highest BCUT2D eigenvalue weighted by atomic mass is 32.2. The smallest absolute Gasteiger partial charge is 0.300 e. The van der Waals surface area contributed by atoms with Crippen molar-refractivity contribution in [2.75, 3.05) is 7.11 Å². The molecule has 0 atom stereocenters. The van der Waals surface area contributed by atoms with Crippen LogP contribution in [-0.4, -0.2) is 20.1 Å². The Kier molecular flexibility index (Phi) is 4.11. The first kappa shape index (κ1) is 14.2. The third-order valence-electron chi connectivity index (χ3n) is 2.47. The van der Waals surface area contributed by atoms with Crippen LogP contribution in [0, 0.1) is 0 Å². The van der Waals surface area contributed by atoms with E-state index >= 15 is 0 Å². The van der Waals surface area contributed by atoms with E-state index in [0.29, 0.717) is 5.69 Å². The highest BCUT2D eigenvalue weighted by Crippen LogP contribution is 2.33. The van der Waals surface area contributed by atoms with E-state index in [9.17, 15) is 13.0 Å². The van der Waals surface area contributed by atoms with Crippen molar-refractivity contribution in [3.05, 3.63) is 48.5 Å². The van der Waals surface area contributed by atoms with Gasteiger partial charge in [0, 0.05) is 0 Å². The molecule has 0 aliphatic carbocycles. The highest BCUT2D eigenvalue weighted by Gasteiger charge is 2.21. The number of rotatable bonds is 4. The van der Waals surface area contributed by atoms with Crippen molar-refractivity contribution >= 4 is 21.5 Å². The van der Waals surface area contributed by atoms with Crippen LogP contribution in [-0.2, 0) is 10.1 Å². The Bertz CT molecular complexity index is 727. The molecule has 0 spiro atoms. The number of methoxy groups -OCH3 is 1. The first-order chi connectivity index (χ1) is 9.52. The Morgan fingerprint density at radius 2 is 1.70 bits per heavy atom. The SMILES string of the molecule is COc1cccc(N=Nc2ccccc2)c1S(=O)(=O)O. The van der Waals surface area contributed by atoms with Crippen LogP contribution in [0.25, 0.3) is 0 Å². The molecular formula is C13H12N2O4S. The molecule has 104 valence electrons. The second-order valence-corrected chi connectivity index (χ2v) is 5.18. The van der Waals surface area contributed by atoms with Crippen molar-refractivity contribution in [2.24, 2.45) is 10.2 Å². The Morgan fingerprint density at radius 3 is 2.30 bits per heavy atom. The van der Waals surface area contributed by atoms with Gasteiger partial charge in [-0.15, -0.1) is 5.11 Å². The number of hydrogen-bond donors (Lipinski definition) is 1. The lowest BCUT2D eigenvalue weighted by atomic mass is 10.3. The van der Waals surface area contributed by atoms with E-state index in [1.54, 1.807) is 30.3 Å². The maximum atomic E-state index is 11.4. The molecule has 1 N–H and O–H groups in total. The second-order valence-electron chi connectivity index (χ2n) is 3.82. The molecule has 0 heterocycles. The molecule has 20 heavy (non-hydrogen) atoms. The molecule has 0 unspecified atom stereocenters. The maximum Gasteiger partial charge on any atom is 0.300 e. The maximum absolute atomic E-state index is 11.4. The van der Waals surface area contributed by atoms with Crippen LogP contribution in [0.4, 0.5) is 11.4 Å². The molecule has 6 nitrogen and oxygen atoms in total. The van der Waals surface area contributed by atoms with E-state index < -0.39 is 15.0 Å². The van der Waals surface area contributed by atoms with E-state index in [0.717, 1.165) is 0 Å². The first-order valence-electron chi connectivity index (χ1n) is 5.63. The quantitative estimate of drug-likeness (QED) is 0.691. The van der Waals surface area contributed by atoms with Crippen LogP contribution < -0.4 is 4.74 Å². The van der Waals surface area contributed by atoms with Gasteiger partial charge in [0.25, 0.3) is 10.1 Å². The largest absolute Gasteiger partial charge is 0.495 e. The van der Waals surface area contributed by atoms with E-state index in [4.69, 9.17) is 4.74 Å². The molecule has 2 aromatic carbocycles. The summed E-state index contributed by atoms with van der Waals surface area (Å²) in [4.78, 5) is -0.401. The fourth-order valence-corrected chi connectivity index (χ4v) is 2.39.